The van der Waals surface area contributed by atoms with E-state index in [0.717, 1.165) is 0 Å². The number of allylic oxidation sites excluding steroid dienone is 1. The molecule has 1 rings (SSSR count). The normalized spacial score (nSPS) is 36.1. The predicted molar refractivity (Wildman–Crippen MR) is 94.2 cm³/mol. The van der Waals surface area contributed by atoms with Gasteiger partial charge in [-0.1, -0.05) is 38.8 Å². The summed E-state index contributed by atoms with van der Waals surface area (Å²) in [6.07, 6.45) is 2.18. The molecule has 1 aliphatic heterocycles. The third-order valence-electron chi connectivity index (χ3n) is 6.84. The molecule has 0 N–H and O–H groups in total. The summed E-state index contributed by atoms with van der Waals surface area (Å²) in [6.45, 7) is 27.0. The Kier molecular flexibility index (Phi) is 3.95. The van der Waals surface area contributed by atoms with Gasteiger partial charge in [0.1, 0.15) is 0 Å². The van der Waals surface area contributed by atoms with Crippen LogP contribution in [0.3, 0.4) is 0 Å². The van der Waals surface area contributed by atoms with Crippen molar-refractivity contribution >= 4 is 29.6 Å². The van der Waals surface area contributed by atoms with Gasteiger partial charge in [-0.25, -0.2) is 0 Å². The van der Waals surface area contributed by atoms with Crippen molar-refractivity contribution in [2.75, 3.05) is 0 Å². The molecule has 106 valence electrons. The van der Waals surface area contributed by atoms with Crippen molar-refractivity contribution in [1.29, 1.82) is 0 Å². The molecular formula is C13H32OSi4. The monoisotopic (exact) mass is 316 g/mol. The lowest BCUT2D eigenvalue weighted by Crippen LogP contribution is -2.90. The molecule has 0 bridgehead atoms. The van der Waals surface area contributed by atoms with Crippen LogP contribution in [0.1, 0.15) is 13.8 Å². The minimum Gasteiger partial charge on any atom is -0.418 e. The first-order valence-electron chi connectivity index (χ1n) is 7.08. The second kappa shape index (κ2) is 4.28. The average molecular weight is 317 g/mol. The van der Waals surface area contributed by atoms with E-state index in [4.69, 9.17) is 4.43 Å². The summed E-state index contributed by atoms with van der Waals surface area (Å²) >= 11 is 0. The quantitative estimate of drug-likeness (QED) is 0.540. The fraction of sp³-hybridized carbons (Fsp3) is 0.846. The van der Waals surface area contributed by atoms with Gasteiger partial charge in [-0.2, -0.15) is 0 Å². The summed E-state index contributed by atoms with van der Waals surface area (Å²) in [5.41, 5.74) is 0. The average Bonchev–Trinajstić information content (AvgIpc) is 2.13. The van der Waals surface area contributed by atoms with E-state index >= 15 is 0 Å². The maximum Gasteiger partial charge on any atom is 0.171 e. The van der Waals surface area contributed by atoms with Crippen LogP contribution in [-0.4, -0.2) is 34.9 Å². The number of hydrogen-bond acceptors (Lipinski definition) is 1. The van der Waals surface area contributed by atoms with Crippen molar-refractivity contribution in [3.05, 3.63) is 12.7 Å². The molecule has 0 spiro atoms. The molecule has 0 aromatic carbocycles. The Balaban J connectivity index is 3.49. The van der Waals surface area contributed by atoms with Crippen molar-refractivity contribution in [2.24, 2.45) is 0 Å². The minimum atomic E-state index is -1.51. The van der Waals surface area contributed by atoms with E-state index in [2.05, 4.69) is 72.3 Å². The van der Waals surface area contributed by atoms with Crippen molar-refractivity contribution in [1.82, 2.24) is 0 Å². The van der Waals surface area contributed by atoms with Crippen molar-refractivity contribution < 1.29 is 4.43 Å². The standard InChI is InChI=1S/C13H32OSi4/c1-11-12-18(10)13(2,3)14-15(4,5)16(6,7)17(18,8)9/h11H,1,12H2,2-10H3. The van der Waals surface area contributed by atoms with E-state index in [-0.39, 0.29) is 5.22 Å². The van der Waals surface area contributed by atoms with E-state index in [1.165, 1.54) is 6.04 Å². The molecule has 1 nitrogen and oxygen atoms in total. The summed E-state index contributed by atoms with van der Waals surface area (Å²) in [4.78, 5) is 0. The zero-order valence-corrected chi connectivity index (χ0v) is 17.9. The molecule has 0 aliphatic carbocycles. The van der Waals surface area contributed by atoms with Gasteiger partial charge in [0.2, 0.25) is 0 Å². The van der Waals surface area contributed by atoms with E-state index in [0.29, 0.717) is 0 Å². The lowest BCUT2D eigenvalue weighted by atomic mass is 10.5. The molecular weight excluding hydrogens is 284 g/mol. The number of hydrogen-bond donors (Lipinski definition) is 0. The largest absolute Gasteiger partial charge is 0.418 e. The predicted octanol–water partition coefficient (Wildman–Crippen LogP) is 4.46. The molecule has 0 aromatic rings. The Hall–Kier alpha value is 0.568. The van der Waals surface area contributed by atoms with E-state index < -0.39 is 29.6 Å². The summed E-state index contributed by atoms with van der Waals surface area (Å²) in [5.74, 6) is 0. The van der Waals surface area contributed by atoms with Crippen LogP contribution in [0.15, 0.2) is 12.7 Å². The van der Waals surface area contributed by atoms with Crippen LogP contribution in [-0.2, 0) is 4.43 Å². The zero-order chi connectivity index (χ0) is 14.6. The molecule has 1 fully saturated rings. The Labute approximate surface area is 118 Å². The van der Waals surface area contributed by atoms with Gasteiger partial charge in [-0.15, -0.1) is 6.58 Å². The zero-order valence-electron chi connectivity index (χ0n) is 13.9. The fourth-order valence-electron chi connectivity index (χ4n) is 3.86. The van der Waals surface area contributed by atoms with Crippen LogP contribution in [0.25, 0.3) is 0 Å². The summed E-state index contributed by atoms with van der Waals surface area (Å²) in [5, 5.41) is 0.134. The van der Waals surface area contributed by atoms with Crippen LogP contribution in [0, 0.1) is 0 Å². The van der Waals surface area contributed by atoms with Crippen molar-refractivity contribution in [2.45, 2.75) is 70.9 Å². The first kappa shape index (κ1) is 16.6. The topological polar surface area (TPSA) is 9.23 Å². The van der Waals surface area contributed by atoms with E-state index in [9.17, 15) is 0 Å². The van der Waals surface area contributed by atoms with Gasteiger partial charge in [-0.05, 0) is 33.0 Å². The Morgan fingerprint density at radius 1 is 0.944 bits per heavy atom. The van der Waals surface area contributed by atoms with Crippen LogP contribution >= 0.6 is 0 Å². The van der Waals surface area contributed by atoms with Crippen molar-refractivity contribution in [3.8, 4) is 0 Å². The summed E-state index contributed by atoms with van der Waals surface area (Å²) in [6, 6.07) is 1.24. The second-order valence-electron chi connectivity index (χ2n) is 8.20. The SMILES string of the molecule is C=CC[Si]1(C)C(C)(C)O[Si](C)(C)[Si](C)(C)[Si]1(C)C. The lowest BCUT2D eigenvalue weighted by molar-refractivity contribution is 0.182. The van der Waals surface area contributed by atoms with Crippen LogP contribution in [0.5, 0.6) is 0 Å². The molecule has 0 amide bonds. The smallest absolute Gasteiger partial charge is 0.171 e. The van der Waals surface area contributed by atoms with E-state index in [1.54, 1.807) is 0 Å². The van der Waals surface area contributed by atoms with Gasteiger partial charge in [0.25, 0.3) is 0 Å². The Morgan fingerprint density at radius 2 is 1.39 bits per heavy atom. The molecule has 1 heterocycles. The summed E-state index contributed by atoms with van der Waals surface area (Å²) in [7, 11) is -5.38. The maximum atomic E-state index is 6.83. The molecule has 1 unspecified atom stereocenters. The van der Waals surface area contributed by atoms with Crippen LogP contribution in [0.4, 0.5) is 0 Å². The highest BCUT2D eigenvalue weighted by Gasteiger charge is 2.70. The van der Waals surface area contributed by atoms with Crippen LogP contribution < -0.4 is 0 Å². The molecule has 1 saturated heterocycles. The molecule has 0 radical (unpaired) electrons. The van der Waals surface area contributed by atoms with Crippen molar-refractivity contribution in [3.63, 3.8) is 0 Å². The molecule has 1 aliphatic rings. The summed E-state index contributed by atoms with van der Waals surface area (Å²) < 4.78 is 6.83. The molecule has 0 saturated carbocycles. The first-order chi connectivity index (χ1) is 7.77. The Bertz CT molecular complexity index is 360. The highest BCUT2D eigenvalue weighted by Crippen LogP contribution is 2.49. The van der Waals surface area contributed by atoms with Gasteiger partial charge in [0, 0.05) is 12.3 Å². The minimum absolute atomic E-state index is 0.134. The molecule has 18 heavy (non-hydrogen) atoms. The highest BCUT2D eigenvalue weighted by molar-refractivity contribution is 7.83. The van der Waals surface area contributed by atoms with Gasteiger partial charge in [-0.3, -0.25) is 0 Å². The van der Waals surface area contributed by atoms with E-state index in [1.807, 2.05) is 0 Å². The van der Waals surface area contributed by atoms with Gasteiger partial charge in [0.05, 0.1) is 14.7 Å². The third-order valence-corrected chi connectivity index (χ3v) is 74.1. The Morgan fingerprint density at radius 3 is 1.78 bits per heavy atom. The molecule has 5 heteroatoms. The second-order valence-corrected chi connectivity index (χ2v) is 47.1. The highest BCUT2D eigenvalue weighted by atomic mass is 29.8. The molecule has 0 aromatic heterocycles. The van der Waals surface area contributed by atoms with Gasteiger partial charge >= 0.3 is 0 Å². The fourth-order valence-corrected chi connectivity index (χ4v) is 76.1. The molecule has 1 atom stereocenters. The van der Waals surface area contributed by atoms with Crippen LogP contribution in [0.2, 0.25) is 51.9 Å². The first-order valence-corrected chi connectivity index (χ1v) is 21.7. The maximum absolute atomic E-state index is 6.83. The van der Waals surface area contributed by atoms with Gasteiger partial charge in [0.15, 0.2) is 7.83 Å². The third kappa shape index (κ3) is 1.85. The lowest BCUT2D eigenvalue weighted by Gasteiger charge is -2.66. The number of rotatable bonds is 2. The van der Waals surface area contributed by atoms with Gasteiger partial charge < -0.3 is 4.43 Å².